The summed E-state index contributed by atoms with van der Waals surface area (Å²) < 4.78 is 1.09. The van der Waals surface area contributed by atoms with Crippen molar-refractivity contribution in [1.82, 2.24) is 15.0 Å². The molecule has 25 heavy (non-hydrogen) atoms. The van der Waals surface area contributed by atoms with Crippen LogP contribution in [0, 0.1) is 0 Å². The van der Waals surface area contributed by atoms with Crippen LogP contribution in [0.4, 0.5) is 5.69 Å². The van der Waals surface area contributed by atoms with Gasteiger partial charge in [0.15, 0.2) is 0 Å². The predicted molar refractivity (Wildman–Crippen MR) is 97.6 cm³/mol. The van der Waals surface area contributed by atoms with E-state index in [1.807, 2.05) is 24.3 Å². The molecule has 0 saturated heterocycles. The van der Waals surface area contributed by atoms with Gasteiger partial charge in [0.05, 0.1) is 5.39 Å². The number of hydrogen-bond donors (Lipinski definition) is 1. The average Bonchev–Trinajstić information content (AvgIpc) is 2.64. The van der Waals surface area contributed by atoms with E-state index in [2.05, 4.69) is 29.5 Å². The van der Waals surface area contributed by atoms with E-state index >= 15 is 0 Å². The number of carbonyl (C=O) groups excluding carboxylic acids is 1. The summed E-state index contributed by atoms with van der Waals surface area (Å²) in [5.74, 6) is 0.0297. The third-order valence-electron chi connectivity index (χ3n) is 4.30. The highest BCUT2D eigenvalue weighted by Gasteiger charge is 2.13. The first-order chi connectivity index (χ1) is 12.1. The topological polar surface area (TPSA) is 76.9 Å². The van der Waals surface area contributed by atoms with Gasteiger partial charge >= 0.3 is 0 Å². The Morgan fingerprint density at radius 2 is 1.88 bits per heavy atom. The molecule has 3 aromatic rings. The molecule has 0 aliphatic carbocycles. The number of nitrogens with one attached hydrogen (secondary N) is 1. The third-order valence-corrected chi connectivity index (χ3v) is 4.30. The smallest absolute Gasteiger partial charge is 0.278 e. The summed E-state index contributed by atoms with van der Waals surface area (Å²) in [7, 11) is 0. The van der Waals surface area contributed by atoms with Crippen molar-refractivity contribution in [3.63, 3.8) is 0 Å². The Hall–Kier alpha value is -3.02. The molecule has 1 aromatic heterocycles. The molecule has 0 radical (unpaired) electrons. The lowest BCUT2D eigenvalue weighted by molar-refractivity contribution is -0.117. The first-order valence-corrected chi connectivity index (χ1v) is 8.31. The summed E-state index contributed by atoms with van der Waals surface area (Å²) in [5.41, 5.74) is 2.04. The number of nitrogens with zero attached hydrogens (tertiary/aromatic N) is 3. The number of hydrogen-bond acceptors (Lipinski definition) is 4. The fraction of sp³-hybridized carbons (Fsp3) is 0.263. The van der Waals surface area contributed by atoms with E-state index in [9.17, 15) is 9.59 Å². The van der Waals surface area contributed by atoms with E-state index in [0.717, 1.165) is 22.4 Å². The zero-order valence-electron chi connectivity index (χ0n) is 14.3. The highest BCUT2D eigenvalue weighted by atomic mass is 16.2. The zero-order valence-corrected chi connectivity index (χ0v) is 14.3. The lowest BCUT2D eigenvalue weighted by atomic mass is 9.97. The molecule has 6 heteroatoms. The number of benzene rings is 2. The Labute approximate surface area is 145 Å². The summed E-state index contributed by atoms with van der Waals surface area (Å²) in [6.45, 7) is 4.04. The van der Waals surface area contributed by atoms with Crippen LogP contribution in [-0.2, 0) is 11.3 Å². The largest absolute Gasteiger partial charge is 0.324 e. The number of carbonyl (C=O) groups is 1. The van der Waals surface area contributed by atoms with Gasteiger partial charge in [0.1, 0.15) is 12.1 Å². The lowest BCUT2D eigenvalue weighted by Gasteiger charge is -2.15. The Morgan fingerprint density at radius 3 is 2.68 bits per heavy atom. The molecule has 0 unspecified atom stereocenters. The van der Waals surface area contributed by atoms with Gasteiger partial charge in [0, 0.05) is 5.69 Å². The average molecular weight is 336 g/mol. The van der Waals surface area contributed by atoms with E-state index in [1.165, 1.54) is 0 Å². The molecule has 1 atom stereocenters. The molecule has 3 rings (SSSR count). The molecule has 0 spiro atoms. The van der Waals surface area contributed by atoms with Crippen molar-refractivity contribution in [2.24, 2.45) is 0 Å². The zero-order chi connectivity index (χ0) is 17.8. The van der Waals surface area contributed by atoms with Gasteiger partial charge in [-0.3, -0.25) is 9.59 Å². The van der Waals surface area contributed by atoms with Gasteiger partial charge in [-0.2, -0.15) is 0 Å². The Balaban J connectivity index is 1.82. The highest BCUT2D eigenvalue weighted by Crippen LogP contribution is 2.26. The standard InChI is InChI=1S/C19H20N4O2/c1-3-13(2)14-8-4-6-10-16(14)20-18(24)12-23-19(25)15-9-5-7-11-17(15)21-22-23/h4-11,13H,3,12H2,1-2H3,(H,20,24)/t13-/m0/s1. The molecule has 128 valence electrons. The Bertz CT molecular complexity index is 965. The normalized spacial score (nSPS) is 12.1. The molecule has 1 N–H and O–H groups in total. The van der Waals surface area contributed by atoms with E-state index in [0.29, 0.717) is 16.8 Å². The van der Waals surface area contributed by atoms with Crippen LogP contribution in [0.25, 0.3) is 10.9 Å². The lowest BCUT2D eigenvalue weighted by Crippen LogP contribution is -2.30. The van der Waals surface area contributed by atoms with Crippen LogP contribution in [0.1, 0.15) is 31.7 Å². The monoisotopic (exact) mass is 336 g/mol. The third kappa shape index (κ3) is 3.57. The van der Waals surface area contributed by atoms with Crippen LogP contribution in [0.5, 0.6) is 0 Å². The van der Waals surface area contributed by atoms with Crippen molar-refractivity contribution in [2.45, 2.75) is 32.7 Å². The molecule has 6 nitrogen and oxygen atoms in total. The van der Waals surface area contributed by atoms with Crippen molar-refractivity contribution >= 4 is 22.5 Å². The molecule has 0 aliphatic rings. The number of aromatic nitrogens is 3. The van der Waals surface area contributed by atoms with Crippen molar-refractivity contribution in [2.75, 3.05) is 5.32 Å². The maximum absolute atomic E-state index is 12.4. The van der Waals surface area contributed by atoms with Crippen molar-refractivity contribution in [1.29, 1.82) is 0 Å². The molecular weight excluding hydrogens is 316 g/mol. The summed E-state index contributed by atoms with van der Waals surface area (Å²) in [5, 5.41) is 11.2. The Kier molecular flexibility index (Phi) is 4.88. The van der Waals surface area contributed by atoms with Gasteiger partial charge in [0.2, 0.25) is 5.91 Å². The molecule has 0 saturated carbocycles. The highest BCUT2D eigenvalue weighted by molar-refractivity contribution is 5.91. The SMILES string of the molecule is CC[C@H](C)c1ccccc1NC(=O)Cn1nnc2ccccc2c1=O. The molecule has 0 bridgehead atoms. The maximum atomic E-state index is 12.4. The quantitative estimate of drug-likeness (QED) is 0.777. The van der Waals surface area contributed by atoms with Crippen molar-refractivity contribution in [3.8, 4) is 0 Å². The van der Waals surface area contributed by atoms with Crippen LogP contribution in [0.15, 0.2) is 53.3 Å². The molecular formula is C19H20N4O2. The van der Waals surface area contributed by atoms with Crippen LogP contribution >= 0.6 is 0 Å². The van der Waals surface area contributed by atoms with Crippen LogP contribution in [0.2, 0.25) is 0 Å². The second kappa shape index (κ2) is 7.25. The van der Waals surface area contributed by atoms with E-state index in [4.69, 9.17) is 0 Å². The maximum Gasteiger partial charge on any atom is 0.278 e. The Morgan fingerprint density at radius 1 is 1.16 bits per heavy atom. The van der Waals surface area contributed by atoms with Crippen LogP contribution in [-0.4, -0.2) is 20.9 Å². The van der Waals surface area contributed by atoms with Crippen molar-refractivity contribution in [3.05, 3.63) is 64.4 Å². The summed E-state index contributed by atoms with van der Waals surface area (Å²) in [6, 6.07) is 14.7. The van der Waals surface area contributed by atoms with Gasteiger partial charge < -0.3 is 5.32 Å². The second-order valence-electron chi connectivity index (χ2n) is 6.01. The first kappa shape index (κ1) is 16.8. The molecule has 1 heterocycles. The van der Waals surface area contributed by atoms with E-state index < -0.39 is 0 Å². The minimum atomic E-state index is -0.323. The fourth-order valence-electron chi connectivity index (χ4n) is 2.71. The molecule has 0 fully saturated rings. The summed E-state index contributed by atoms with van der Waals surface area (Å²) in [6.07, 6.45) is 0.975. The summed E-state index contributed by atoms with van der Waals surface area (Å²) >= 11 is 0. The van der Waals surface area contributed by atoms with Gasteiger partial charge in [-0.1, -0.05) is 49.4 Å². The summed E-state index contributed by atoms with van der Waals surface area (Å²) in [4.78, 5) is 24.8. The predicted octanol–water partition coefficient (Wildman–Crippen LogP) is 2.94. The van der Waals surface area contributed by atoms with Gasteiger partial charge in [-0.05, 0) is 36.1 Å². The van der Waals surface area contributed by atoms with Crippen LogP contribution in [0.3, 0.4) is 0 Å². The minimum Gasteiger partial charge on any atom is -0.324 e. The minimum absolute atomic E-state index is 0.175. The number of amides is 1. The molecule has 2 aromatic carbocycles. The van der Waals surface area contributed by atoms with Gasteiger partial charge in [-0.15, -0.1) is 5.10 Å². The van der Waals surface area contributed by atoms with Crippen molar-refractivity contribution < 1.29 is 4.79 Å². The van der Waals surface area contributed by atoms with Gasteiger partial charge in [0.25, 0.3) is 5.56 Å². The first-order valence-electron chi connectivity index (χ1n) is 8.31. The van der Waals surface area contributed by atoms with Gasteiger partial charge in [-0.25, -0.2) is 4.68 Å². The van der Waals surface area contributed by atoms with E-state index in [-0.39, 0.29) is 18.0 Å². The molecule has 1 amide bonds. The van der Waals surface area contributed by atoms with Crippen LogP contribution < -0.4 is 10.9 Å². The molecule has 0 aliphatic heterocycles. The fourth-order valence-corrected chi connectivity index (χ4v) is 2.71. The number of anilines is 1. The van der Waals surface area contributed by atoms with E-state index in [1.54, 1.807) is 24.3 Å². The number of fused-ring (bicyclic) bond motifs is 1. The number of rotatable bonds is 5. The number of para-hydroxylation sites is 1. The second-order valence-corrected chi connectivity index (χ2v) is 6.01.